The summed E-state index contributed by atoms with van der Waals surface area (Å²) < 4.78 is 0. The number of nitro groups is 1. The number of nitrogens with one attached hydrogen (secondary N) is 1. The maximum atomic E-state index is 13.2. The lowest BCUT2D eigenvalue weighted by molar-refractivity contribution is -0.385. The van der Waals surface area contributed by atoms with Crippen molar-refractivity contribution in [3.05, 3.63) is 39.4 Å². The van der Waals surface area contributed by atoms with E-state index in [1.54, 1.807) is 19.1 Å². The fourth-order valence-corrected chi connectivity index (χ4v) is 4.31. The molecule has 1 aromatic carbocycles. The molecule has 1 heterocycles. The van der Waals surface area contributed by atoms with Crippen LogP contribution in [0.5, 0.6) is 0 Å². The van der Waals surface area contributed by atoms with Gasteiger partial charge in [0.2, 0.25) is 0 Å². The number of benzene rings is 1. The summed E-state index contributed by atoms with van der Waals surface area (Å²) in [6, 6.07) is 4.33. The topological polar surface area (TPSA) is 92.6 Å². The van der Waals surface area contributed by atoms with Gasteiger partial charge in [0, 0.05) is 11.6 Å². The Bertz CT molecular complexity index is 736. The van der Waals surface area contributed by atoms with E-state index in [2.05, 4.69) is 5.32 Å². The van der Waals surface area contributed by atoms with Crippen molar-refractivity contribution in [1.29, 1.82) is 0 Å². The Morgan fingerprint density at radius 2 is 1.92 bits per heavy atom. The first-order chi connectivity index (χ1) is 11.8. The first-order valence-electron chi connectivity index (χ1n) is 8.66. The van der Waals surface area contributed by atoms with Gasteiger partial charge in [-0.05, 0) is 37.2 Å². The second kappa shape index (κ2) is 6.13. The molecule has 0 aromatic heterocycles. The van der Waals surface area contributed by atoms with Gasteiger partial charge in [-0.1, -0.05) is 32.4 Å². The van der Waals surface area contributed by atoms with Gasteiger partial charge in [0.25, 0.3) is 11.6 Å². The highest BCUT2D eigenvalue weighted by molar-refractivity contribution is 6.07. The molecule has 134 valence electrons. The third-order valence-electron chi connectivity index (χ3n) is 5.93. The van der Waals surface area contributed by atoms with Crippen LogP contribution in [0.4, 0.5) is 10.5 Å². The van der Waals surface area contributed by atoms with Gasteiger partial charge >= 0.3 is 6.03 Å². The standard InChI is InChI=1S/C18H23N3O4/c1-11-6-4-7-12(2)18(11)16(22)20(17(23)19-18)10-14-8-5-9-15(13(14)3)21(24)25/h5,8-9,11-12H,4,6-7,10H2,1-3H3,(H,19,23)/t11-,12-/m0/s1. The summed E-state index contributed by atoms with van der Waals surface area (Å²) in [5.74, 6) is -0.0593. The van der Waals surface area contributed by atoms with Crippen molar-refractivity contribution in [2.75, 3.05) is 0 Å². The van der Waals surface area contributed by atoms with E-state index in [9.17, 15) is 19.7 Å². The molecule has 1 aliphatic heterocycles. The van der Waals surface area contributed by atoms with Crippen LogP contribution in [0.25, 0.3) is 0 Å². The molecule has 2 fully saturated rings. The molecule has 3 rings (SSSR count). The number of hydrogen-bond acceptors (Lipinski definition) is 4. The van der Waals surface area contributed by atoms with E-state index < -0.39 is 16.5 Å². The van der Waals surface area contributed by atoms with Gasteiger partial charge < -0.3 is 5.32 Å². The molecular formula is C18H23N3O4. The minimum atomic E-state index is -0.843. The summed E-state index contributed by atoms with van der Waals surface area (Å²) in [5.41, 5.74) is 0.257. The van der Waals surface area contributed by atoms with Crippen LogP contribution in [0, 0.1) is 28.9 Å². The number of amides is 3. The maximum absolute atomic E-state index is 13.2. The summed E-state index contributed by atoms with van der Waals surface area (Å²) in [4.78, 5) is 37.6. The third-order valence-corrected chi connectivity index (χ3v) is 5.93. The molecule has 1 N–H and O–H groups in total. The monoisotopic (exact) mass is 345 g/mol. The van der Waals surface area contributed by atoms with E-state index in [1.165, 1.54) is 11.0 Å². The van der Waals surface area contributed by atoms with Gasteiger partial charge in [0.15, 0.2) is 0 Å². The smallest absolute Gasteiger partial charge is 0.323 e. The van der Waals surface area contributed by atoms with E-state index in [0.29, 0.717) is 11.1 Å². The van der Waals surface area contributed by atoms with Crippen LogP contribution in [0.2, 0.25) is 0 Å². The molecule has 0 bridgehead atoms. The number of carbonyl (C=O) groups is 2. The molecule has 7 heteroatoms. The summed E-state index contributed by atoms with van der Waals surface area (Å²) in [6.45, 7) is 5.72. The Morgan fingerprint density at radius 1 is 1.28 bits per heavy atom. The highest BCUT2D eigenvalue weighted by Crippen LogP contribution is 2.42. The Morgan fingerprint density at radius 3 is 2.52 bits per heavy atom. The molecule has 1 spiro atoms. The molecule has 2 aliphatic rings. The van der Waals surface area contributed by atoms with Crippen molar-refractivity contribution in [3.63, 3.8) is 0 Å². The number of urea groups is 1. The van der Waals surface area contributed by atoms with E-state index in [0.717, 1.165) is 19.3 Å². The molecule has 1 saturated carbocycles. The van der Waals surface area contributed by atoms with Gasteiger partial charge in [-0.3, -0.25) is 19.8 Å². The quantitative estimate of drug-likeness (QED) is 0.517. The summed E-state index contributed by atoms with van der Waals surface area (Å²) in [5, 5.41) is 14.1. The second-order valence-electron chi connectivity index (χ2n) is 7.24. The van der Waals surface area contributed by atoms with Crippen molar-refractivity contribution in [2.45, 2.75) is 52.1 Å². The molecular weight excluding hydrogens is 322 g/mol. The predicted octanol–water partition coefficient (Wildman–Crippen LogP) is 3.15. The maximum Gasteiger partial charge on any atom is 0.325 e. The van der Waals surface area contributed by atoms with Crippen molar-refractivity contribution in [1.82, 2.24) is 10.2 Å². The SMILES string of the molecule is Cc1c(CN2C(=O)NC3(C2=O)[C@@H](C)CCC[C@@H]3C)cccc1[N+](=O)[O-]. The average molecular weight is 345 g/mol. The largest absolute Gasteiger partial charge is 0.325 e. The number of carbonyl (C=O) groups excluding carboxylic acids is 2. The molecule has 1 saturated heterocycles. The molecule has 7 nitrogen and oxygen atoms in total. The Hall–Kier alpha value is -2.44. The lowest BCUT2D eigenvalue weighted by atomic mass is 9.67. The highest BCUT2D eigenvalue weighted by Gasteiger charge is 2.58. The van der Waals surface area contributed by atoms with Crippen LogP contribution in [-0.4, -0.2) is 27.3 Å². The van der Waals surface area contributed by atoms with Crippen molar-refractivity contribution in [3.8, 4) is 0 Å². The highest BCUT2D eigenvalue weighted by atomic mass is 16.6. The molecule has 3 amide bonds. The molecule has 2 atom stereocenters. The van der Waals surface area contributed by atoms with Gasteiger partial charge in [0.1, 0.15) is 5.54 Å². The van der Waals surface area contributed by atoms with Crippen LogP contribution in [0.15, 0.2) is 18.2 Å². The average Bonchev–Trinajstić information content (AvgIpc) is 2.80. The zero-order valence-electron chi connectivity index (χ0n) is 14.7. The van der Waals surface area contributed by atoms with Gasteiger partial charge in [-0.25, -0.2) is 4.79 Å². The predicted molar refractivity (Wildman–Crippen MR) is 91.8 cm³/mol. The van der Waals surface area contributed by atoms with E-state index in [1.807, 2.05) is 13.8 Å². The van der Waals surface area contributed by atoms with Crippen LogP contribution in [0.1, 0.15) is 44.2 Å². The van der Waals surface area contributed by atoms with Crippen LogP contribution < -0.4 is 5.32 Å². The summed E-state index contributed by atoms with van der Waals surface area (Å²) in [6.07, 6.45) is 2.86. The Balaban J connectivity index is 1.92. The minimum Gasteiger partial charge on any atom is -0.323 e. The number of rotatable bonds is 3. The van der Waals surface area contributed by atoms with Gasteiger partial charge in [-0.15, -0.1) is 0 Å². The molecule has 0 radical (unpaired) electrons. The van der Waals surface area contributed by atoms with Crippen LogP contribution in [0.3, 0.4) is 0 Å². The van der Waals surface area contributed by atoms with E-state index >= 15 is 0 Å². The van der Waals surface area contributed by atoms with E-state index in [-0.39, 0.29) is 30.0 Å². The normalized spacial score (nSPS) is 25.3. The zero-order valence-corrected chi connectivity index (χ0v) is 14.7. The van der Waals surface area contributed by atoms with Crippen molar-refractivity contribution < 1.29 is 14.5 Å². The lowest BCUT2D eigenvalue weighted by Crippen LogP contribution is -2.58. The minimum absolute atomic E-state index is 0.00123. The molecule has 1 aliphatic carbocycles. The Labute approximate surface area is 146 Å². The lowest BCUT2D eigenvalue weighted by Gasteiger charge is -2.42. The van der Waals surface area contributed by atoms with E-state index in [4.69, 9.17) is 0 Å². The number of imide groups is 1. The van der Waals surface area contributed by atoms with Crippen LogP contribution >= 0.6 is 0 Å². The fraction of sp³-hybridized carbons (Fsp3) is 0.556. The Kier molecular flexibility index (Phi) is 4.26. The molecule has 1 aromatic rings. The van der Waals surface area contributed by atoms with Gasteiger partial charge in [0.05, 0.1) is 11.5 Å². The second-order valence-corrected chi connectivity index (χ2v) is 7.24. The van der Waals surface area contributed by atoms with Crippen molar-refractivity contribution in [2.24, 2.45) is 11.8 Å². The summed E-state index contributed by atoms with van der Waals surface area (Å²) in [7, 11) is 0. The van der Waals surface area contributed by atoms with Crippen molar-refractivity contribution >= 4 is 17.6 Å². The molecule has 0 unspecified atom stereocenters. The first-order valence-corrected chi connectivity index (χ1v) is 8.66. The van der Waals surface area contributed by atoms with Gasteiger partial charge in [-0.2, -0.15) is 0 Å². The summed E-state index contributed by atoms with van der Waals surface area (Å²) >= 11 is 0. The fourth-order valence-electron chi connectivity index (χ4n) is 4.31. The first kappa shape index (κ1) is 17.4. The number of nitro benzene ring substituents is 1. The number of nitrogens with zero attached hydrogens (tertiary/aromatic N) is 2. The zero-order chi connectivity index (χ0) is 18.4. The third kappa shape index (κ3) is 2.58. The van der Waals surface area contributed by atoms with Crippen LogP contribution in [-0.2, 0) is 11.3 Å². The molecule has 25 heavy (non-hydrogen) atoms. The number of hydrogen-bond donors (Lipinski definition) is 1.